The third kappa shape index (κ3) is 3.57. The monoisotopic (exact) mass is 319 g/mol. The Morgan fingerprint density at radius 3 is 2.09 bits per heavy atom. The van der Waals surface area contributed by atoms with Crippen molar-refractivity contribution in [3.05, 3.63) is 35.9 Å². The van der Waals surface area contributed by atoms with Gasteiger partial charge in [0, 0.05) is 5.56 Å². The zero-order valence-corrected chi connectivity index (χ0v) is 14.9. The Kier molecular flexibility index (Phi) is 6.79. The first-order valence-corrected chi connectivity index (χ1v) is 10.4. The van der Waals surface area contributed by atoms with Gasteiger partial charge in [0.25, 0.3) is 5.60 Å². The average Bonchev–Trinajstić information content (AvgIpc) is 2.58. The molecule has 0 amide bonds. The molecule has 120 valence electrons. The summed E-state index contributed by atoms with van der Waals surface area (Å²) in [5.74, 6) is -0.615. The molecule has 1 atom stereocenters. The van der Waals surface area contributed by atoms with E-state index in [-0.39, 0.29) is 6.61 Å². The molecule has 0 heterocycles. The van der Waals surface area contributed by atoms with E-state index in [9.17, 15) is 10.1 Å². The predicted molar refractivity (Wildman–Crippen MR) is 88.6 cm³/mol. The molecular weight excluding hydrogens is 294 g/mol. The summed E-state index contributed by atoms with van der Waals surface area (Å²) in [5, 5.41) is 9.82. The average molecular weight is 319 g/mol. The number of esters is 1. The normalized spacial score (nSPS) is 14.0. The molecule has 1 unspecified atom stereocenters. The van der Waals surface area contributed by atoms with E-state index in [1.54, 1.807) is 31.2 Å². The summed E-state index contributed by atoms with van der Waals surface area (Å²) < 4.78 is 11.5. The van der Waals surface area contributed by atoms with Crippen molar-refractivity contribution in [3.8, 4) is 6.07 Å². The van der Waals surface area contributed by atoms with Gasteiger partial charge in [0.05, 0.1) is 6.61 Å². The molecule has 0 fully saturated rings. The van der Waals surface area contributed by atoms with Crippen LogP contribution in [0.4, 0.5) is 0 Å². The van der Waals surface area contributed by atoms with Crippen LogP contribution in [0.25, 0.3) is 0 Å². The van der Waals surface area contributed by atoms with Crippen molar-refractivity contribution in [2.75, 3.05) is 6.61 Å². The van der Waals surface area contributed by atoms with Gasteiger partial charge >= 0.3 is 5.97 Å². The number of carbonyl (C=O) groups is 1. The number of carbonyl (C=O) groups excluding carboxylic acids is 1. The van der Waals surface area contributed by atoms with Gasteiger partial charge in [-0.15, -0.1) is 0 Å². The smallest absolute Gasteiger partial charge is 0.357 e. The number of hydrogen-bond donors (Lipinski definition) is 0. The Morgan fingerprint density at radius 2 is 1.68 bits per heavy atom. The molecule has 0 aliphatic heterocycles. The molecule has 0 saturated carbocycles. The molecule has 0 bridgehead atoms. The van der Waals surface area contributed by atoms with Crippen LogP contribution in [-0.2, 0) is 19.6 Å². The van der Waals surface area contributed by atoms with E-state index in [0.29, 0.717) is 5.56 Å². The van der Waals surface area contributed by atoms with Gasteiger partial charge in [-0.1, -0.05) is 51.1 Å². The summed E-state index contributed by atoms with van der Waals surface area (Å²) in [6, 6.07) is 13.6. The molecule has 1 rings (SSSR count). The van der Waals surface area contributed by atoms with Gasteiger partial charge in [0.1, 0.15) is 6.07 Å². The number of hydrogen-bond acceptors (Lipinski definition) is 4. The van der Waals surface area contributed by atoms with Crippen LogP contribution in [-0.4, -0.2) is 20.9 Å². The van der Waals surface area contributed by atoms with Crippen LogP contribution < -0.4 is 0 Å². The highest BCUT2D eigenvalue weighted by Crippen LogP contribution is 2.35. The number of nitriles is 1. The summed E-state index contributed by atoms with van der Waals surface area (Å²) in [7, 11) is -2.17. The van der Waals surface area contributed by atoms with Crippen LogP contribution in [0.3, 0.4) is 0 Å². The molecule has 0 aliphatic carbocycles. The number of rotatable bonds is 8. The minimum absolute atomic E-state index is 0.220. The third-order valence-electron chi connectivity index (χ3n) is 4.20. The first-order chi connectivity index (χ1) is 10.5. The number of ether oxygens (including phenoxy) is 1. The van der Waals surface area contributed by atoms with Gasteiger partial charge in [-0.25, -0.2) is 4.79 Å². The highest BCUT2D eigenvalue weighted by Gasteiger charge is 2.49. The van der Waals surface area contributed by atoms with Gasteiger partial charge in [-0.3, -0.25) is 0 Å². The largest absolute Gasteiger partial charge is 0.463 e. The fraction of sp³-hybridized carbons (Fsp3) is 0.529. The van der Waals surface area contributed by atoms with Crippen LogP contribution in [0, 0.1) is 11.3 Å². The molecule has 0 N–H and O–H groups in total. The lowest BCUT2D eigenvalue weighted by Crippen LogP contribution is -2.50. The second-order valence-corrected chi connectivity index (χ2v) is 9.92. The van der Waals surface area contributed by atoms with E-state index in [2.05, 4.69) is 26.8 Å². The maximum Gasteiger partial charge on any atom is 0.357 e. The molecule has 4 nitrogen and oxygen atoms in total. The summed E-state index contributed by atoms with van der Waals surface area (Å²) in [6.45, 7) is 8.15. The summed E-state index contributed by atoms with van der Waals surface area (Å²) in [6.07, 6.45) is 0. The molecule has 1 aromatic rings. The van der Waals surface area contributed by atoms with E-state index in [4.69, 9.17) is 9.16 Å². The van der Waals surface area contributed by atoms with Gasteiger partial charge in [0.15, 0.2) is 8.32 Å². The molecule has 22 heavy (non-hydrogen) atoms. The molecule has 0 aromatic heterocycles. The van der Waals surface area contributed by atoms with Crippen LogP contribution >= 0.6 is 0 Å². The van der Waals surface area contributed by atoms with Crippen molar-refractivity contribution >= 4 is 14.3 Å². The topological polar surface area (TPSA) is 59.3 Å². The van der Waals surface area contributed by atoms with E-state index < -0.39 is 19.9 Å². The minimum Gasteiger partial charge on any atom is -0.463 e. The van der Waals surface area contributed by atoms with Crippen molar-refractivity contribution < 1.29 is 14.0 Å². The SMILES string of the molecule is CCOC(=O)C(C#N)(O[Si](CC)(CC)CC)c1ccccc1. The maximum atomic E-state index is 12.6. The quantitative estimate of drug-likeness (QED) is 0.537. The first-order valence-electron chi connectivity index (χ1n) is 7.88. The van der Waals surface area contributed by atoms with Crippen molar-refractivity contribution in [3.63, 3.8) is 0 Å². The Labute approximate surface area is 134 Å². The van der Waals surface area contributed by atoms with E-state index >= 15 is 0 Å². The molecule has 0 saturated heterocycles. The minimum atomic E-state index is -2.17. The maximum absolute atomic E-state index is 12.6. The summed E-state index contributed by atoms with van der Waals surface area (Å²) in [5.41, 5.74) is -1.12. The number of nitrogens with zero attached hydrogens (tertiary/aromatic N) is 1. The number of benzene rings is 1. The highest BCUT2D eigenvalue weighted by atomic mass is 28.4. The predicted octanol–water partition coefficient (Wildman–Crippen LogP) is 3.99. The van der Waals surface area contributed by atoms with Crippen LogP contribution in [0.2, 0.25) is 18.1 Å². The lowest BCUT2D eigenvalue weighted by molar-refractivity contribution is -0.158. The van der Waals surface area contributed by atoms with Gasteiger partial charge < -0.3 is 9.16 Å². The van der Waals surface area contributed by atoms with Crippen molar-refractivity contribution in [2.45, 2.75) is 51.4 Å². The zero-order chi connectivity index (χ0) is 16.6. The second-order valence-electron chi connectivity index (χ2n) is 5.23. The van der Waals surface area contributed by atoms with Crippen LogP contribution in [0.5, 0.6) is 0 Å². The Bertz CT molecular complexity index is 514. The lowest BCUT2D eigenvalue weighted by Gasteiger charge is -2.36. The molecule has 1 aromatic carbocycles. The molecule has 5 heteroatoms. The Balaban J connectivity index is 3.39. The Morgan fingerprint density at radius 1 is 1.14 bits per heavy atom. The van der Waals surface area contributed by atoms with E-state index in [1.807, 2.05) is 6.07 Å². The fourth-order valence-corrected chi connectivity index (χ4v) is 5.38. The summed E-state index contributed by atoms with van der Waals surface area (Å²) >= 11 is 0. The van der Waals surface area contributed by atoms with E-state index in [0.717, 1.165) is 18.1 Å². The zero-order valence-electron chi connectivity index (χ0n) is 13.9. The molecule has 0 radical (unpaired) electrons. The Hall–Kier alpha value is -1.64. The van der Waals surface area contributed by atoms with Crippen molar-refractivity contribution in [2.24, 2.45) is 0 Å². The van der Waals surface area contributed by atoms with Crippen LogP contribution in [0.15, 0.2) is 30.3 Å². The molecular formula is C17H25NO3Si. The van der Waals surface area contributed by atoms with Crippen LogP contribution in [0.1, 0.15) is 33.3 Å². The molecule has 0 spiro atoms. The van der Waals surface area contributed by atoms with Gasteiger partial charge in [0.2, 0.25) is 0 Å². The van der Waals surface area contributed by atoms with E-state index in [1.165, 1.54) is 0 Å². The first kappa shape index (κ1) is 18.4. The fourth-order valence-electron chi connectivity index (χ4n) is 2.55. The third-order valence-corrected chi connectivity index (χ3v) is 8.81. The van der Waals surface area contributed by atoms with Gasteiger partial charge in [-0.2, -0.15) is 5.26 Å². The lowest BCUT2D eigenvalue weighted by atomic mass is 9.96. The van der Waals surface area contributed by atoms with Crippen molar-refractivity contribution in [1.29, 1.82) is 5.26 Å². The molecule has 0 aliphatic rings. The van der Waals surface area contributed by atoms with Crippen molar-refractivity contribution in [1.82, 2.24) is 0 Å². The highest BCUT2D eigenvalue weighted by molar-refractivity contribution is 6.73. The summed E-state index contributed by atoms with van der Waals surface area (Å²) in [4.78, 5) is 12.6. The van der Waals surface area contributed by atoms with Gasteiger partial charge in [-0.05, 0) is 25.1 Å². The standard InChI is InChI=1S/C17H25NO3Si/c1-5-20-16(19)17(14-18,15-12-10-9-11-13-15)21-22(6-2,7-3)8-4/h9-13H,5-8H2,1-4H3. The second kappa shape index (κ2) is 8.11.